The standard InChI is InChI=1S/C17H15FN4O2S2/c18-11-1-3-12(4-2-11)25-6-5-15(23)22-17-21-14(9-26-17)10-7-13(16(19)24)20-8-10/h1-4,7-9,20H,5-6H2,(H2,19,24)(H,21,22,23). The first-order valence-electron chi connectivity index (χ1n) is 7.63. The number of aromatic nitrogens is 2. The second-order valence-electron chi connectivity index (χ2n) is 5.30. The minimum absolute atomic E-state index is 0.146. The van der Waals surface area contributed by atoms with Crippen molar-refractivity contribution in [2.75, 3.05) is 11.1 Å². The molecule has 0 spiro atoms. The molecule has 1 aromatic carbocycles. The van der Waals surface area contributed by atoms with Crippen LogP contribution in [0.15, 0.2) is 46.8 Å². The van der Waals surface area contributed by atoms with E-state index in [1.165, 1.54) is 35.2 Å². The second kappa shape index (κ2) is 8.15. The van der Waals surface area contributed by atoms with Gasteiger partial charge in [-0.05, 0) is 30.3 Å². The van der Waals surface area contributed by atoms with Gasteiger partial charge in [-0.25, -0.2) is 9.37 Å². The molecule has 9 heteroatoms. The van der Waals surface area contributed by atoms with Crippen molar-refractivity contribution in [3.05, 3.63) is 53.4 Å². The van der Waals surface area contributed by atoms with Crippen LogP contribution >= 0.6 is 23.1 Å². The van der Waals surface area contributed by atoms with Gasteiger partial charge in [-0.2, -0.15) is 0 Å². The fourth-order valence-electron chi connectivity index (χ4n) is 2.12. The number of nitrogens with one attached hydrogen (secondary N) is 2. The molecular weight excluding hydrogens is 375 g/mol. The summed E-state index contributed by atoms with van der Waals surface area (Å²) in [6, 6.07) is 7.76. The number of rotatable bonds is 7. The van der Waals surface area contributed by atoms with Crippen LogP contribution in [0.4, 0.5) is 9.52 Å². The van der Waals surface area contributed by atoms with Gasteiger partial charge in [-0.1, -0.05) is 0 Å². The molecule has 2 aromatic heterocycles. The SMILES string of the molecule is NC(=O)c1cc(-c2csc(NC(=O)CCSc3ccc(F)cc3)n2)c[nH]1. The molecule has 0 aliphatic rings. The number of nitrogens with zero attached hydrogens (tertiary/aromatic N) is 1. The minimum Gasteiger partial charge on any atom is -0.364 e. The average Bonchev–Trinajstić information content (AvgIpc) is 3.26. The van der Waals surface area contributed by atoms with Crippen LogP contribution < -0.4 is 11.1 Å². The number of primary amides is 1. The number of carbonyl (C=O) groups is 2. The van der Waals surface area contributed by atoms with Crippen molar-refractivity contribution in [1.82, 2.24) is 9.97 Å². The van der Waals surface area contributed by atoms with Gasteiger partial charge >= 0.3 is 0 Å². The van der Waals surface area contributed by atoms with Crippen molar-refractivity contribution in [2.45, 2.75) is 11.3 Å². The van der Waals surface area contributed by atoms with Gasteiger partial charge in [0.05, 0.1) is 5.69 Å². The van der Waals surface area contributed by atoms with Crippen molar-refractivity contribution in [2.24, 2.45) is 5.73 Å². The molecular formula is C17H15FN4O2S2. The van der Waals surface area contributed by atoms with Gasteiger partial charge in [-0.15, -0.1) is 23.1 Å². The van der Waals surface area contributed by atoms with Crippen molar-refractivity contribution < 1.29 is 14.0 Å². The van der Waals surface area contributed by atoms with Crippen LogP contribution in [0.2, 0.25) is 0 Å². The Balaban J connectivity index is 1.50. The molecule has 0 saturated heterocycles. The number of hydrogen-bond donors (Lipinski definition) is 3. The molecule has 0 aliphatic carbocycles. The smallest absolute Gasteiger partial charge is 0.265 e. The maximum absolute atomic E-state index is 12.8. The van der Waals surface area contributed by atoms with E-state index in [0.29, 0.717) is 28.7 Å². The molecule has 0 aliphatic heterocycles. The highest BCUT2D eigenvalue weighted by Crippen LogP contribution is 2.26. The lowest BCUT2D eigenvalue weighted by Gasteiger charge is -2.02. The zero-order valence-corrected chi connectivity index (χ0v) is 15.1. The third-order valence-electron chi connectivity index (χ3n) is 3.41. The number of hydrogen-bond acceptors (Lipinski definition) is 5. The van der Waals surface area contributed by atoms with Crippen LogP contribution in [0.5, 0.6) is 0 Å². The van der Waals surface area contributed by atoms with Gasteiger partial charge in [0.25, 0.3) is 5.91 Å². The first kappa shape index (κ1) is 18.2. The first-order valence-corrected chi connectivity index (χ1v) is 9.50. The summed E-state index contributed by atoms with van der Waals surface area (Å²) in [6.07, 6.45) is 1.95. The Hall–Kier alpha value is -2.65. The molecule has 3 aromatic rings. The molecule has 3 rings (SSSR count). The summed E-state index contributed by atoms with van der Waals surface area (Å²) >= 11 is 2.78. The summed E-state index contributed by atoms with van der Waals surface area (Å²) in [4.78, 5) is 31.1. The predicted molar refractivity (Wildman–Crippen MR) is 101 cm³/mol. The molecule has 6 nitrogen and oxygen atoms in total. The topological polar surface area (TPSA) is 101 Å². The lowest BCUT2D eigenvalue weighted by atomic mass is 10.2. The van der Waals surface area contributed by atoms with Crippen molar-refractivity contribution in [3.8, 4) is 11.3 Å². The van der Waals surface area contributed by atoms with Gasteiger partial charge in [0.1, 0.15) is 11.5 Å². The van der Waals surface area contributed by atoms with E-state index in [9.17, 15) is 14.0 Å². The molecule has 26 heavy (non-hydrogen) atoms. The number of thiazole rings is 1. The molecule has 0 radical (unpaired) electrons. The van der Waals surface area contributed by atoms with Gasteiger partial charge < -0.3 is 16.0 Å². The van der Waals surface area contributed by atoms with E-state index < -0.39 is 5.91 Å². The molecule has 134 valence electrons. The van der Waals surface area contributed by atoms with Crippen LogP contribution in [0, 0.1) is 5.82 Å². The Labute approximate surface area is 157 Å². The van der Waals surface area contributed by atoms with Crippen LogP contribution in [0.3, 0.4) is 0 Å². The van der Waals surface area contributed by atoms with Gasteiger partial charge in [0.2, 0.25) is 5.91 Å². The van der Waals surface area contributed by atoms with Crippen LogP contribution in [-0.2, 0) is 4.79 Å². The lowest BCUT2D eigenvalue weighted by Crippen LogP contribution is -2.11. The van der Waals surface area contributed by atoms with Crippen LogP contribution in [-0.4, -0.2) is 27.5 Å². The van der Waals surface area contributed by atoms with E-state index in [4.69, 9.17) is 5.73 Å². The number of carbonyl (C=O) groups excluding carboxylic acids is 2. The maximum atomic E-state index is 12.8. The fraction of sp³-hybridized carbons (Fsp3) is 0.118. The molecule has 0 saturated carbocycles. The minimum atomic E-state index is -0.543. The Morgan fingerprint density at radius 1 is 1.31 bits per heavy atom. The van der Waals surface area contributed by atoms with Crippen molar-refractivity contribution in [1.29, 1.82) is 0 Å². The molecule has 2 amide bonds. The number of amides is 2. The van der Waals surface area contributed by atoms with E-state index in [1.807, 2.05) is 0 Å². The van der Waals surface area contributed by atoms with E-state index >= 15 is 0 Å². The van der Waals surface area contributed by atoms with E-state index in [2.05, 4.69) is 15.3 Å². The summed E-state index contributed by atoms with van der Waals surface area (Å²) in [5.74, 6) is -0.390. The number of anilines is 1. The van der Waals surface area contributed by atoms with Crippen LogP contribution in [0.25, 0.3) is 11.3 Å². The first-order chi connectivity index (χ1) is 12.5. The molecule has 0 fully saturated rings. The van der Waals surface area contributed by atoms with Crippen molar-refractivity contribution in [3.63, 3.8) is 0 Å². The van der Waals surface area contributed by atoms with E-state index in [-0.39, 0.29) is 11.7 Å². The number of H-pyrrole nitrogens is 1. The third kappa shape index (κ3) is 4.70. The monoisotopic (exact) mass is 390 g/mol. The highest BCUT2D eigenvalue weighted by atomic mass is 32.2. The normalized spacial score (nSPS) is 10.7. The largest absolute Gasteiger partial charge is 0.364 e. The zero-order chi connectivity index (χ0) is 18.5. The molecule has 4 N–H and O–H groups in total. The van der Waals surface area contributed by atoms with Crippen molar-refractivity contribution >= 4 is 40.0 Å². The van der Waals surface area contributed by atoms with E-state index in [1.54, 1.807) is 29.8 Å². The average molecular weight is 390 g/mol. The summed E-state index contributed by atoms with van der Waals surface area (Å²) in [7, 11) is 0. The lowest BCUT2D eigenvalue weighted by molar-refractivity contribution is -0.115. The highest BCUT2D eigenvalue weighted by molar-refractivity contribution is 7.99. The summed E-state index contributed by atoms with van der Waals surface area (Å²) in [5.41, 5.74) is 6.88. The maximum Gasteiger partial charge on any atom is 0.265 e. The van der Waals surface area contributed by atoms with Gasteiger partial charge in [0, 0.05) is 34.2 Å². The number of benzene rings is 1. The Morgan fingerprint density at radius 2 is 2.08 bits per heavy atom. The molecule has 2 heterocycles. The number of halogens is 1. The molecule has 0 bridgehead atoms. The quantitative estimate of drug-likeness (QED) is 0.538. The summed E-state index contributed by atoms with van der Waals surface area (Å²) in [6.45, 7) is 0. The predicted octanol–water partition coefficient (Wildman–Crippen LogP) is 3.50. The number of thioether (sulfide) groups is 1. The van der Waals surface area contributed by atoms with Gasteiger partial charge in [-0.3, -0.25) is 9.59 Å². The Morgan fingerprint density at radius 3 is 2.77 bits per heavy atom. The van der Waals surface area contributed by atoms with Gasteiger partial charge in [0.15, 0.2) is 5.13 Å². The molecule has 0 atom stereocenters. The highest BCUT2D eigenvalue weighted by Gasteiger charge is 2.11. The summed E-state index contributed by atoms with van der Waals surface area (Å²) in [5, 5.41) is 5.02. The number of nitrogens with two attached hydrogens (primary N) is 1. The van der Waals surface area contributed by atoms with E-state index in [0.717, 1.165) is 10.5 Å². The Bertz CT molecular complexity index is 921. The number of aromatic amines is 1. The second-order valence-corrected chi connectivity index (χ2v) is 7.33. The third-order valence-corrected chi connectivity index (χ3v) is 5.18. The molecule has 0 unspecified atom stereocenters. The van der Waals surface area contributed by atoms with Crippen LogP contribution in [0.1, 0.15) is 16.9 Å². The summed E-state index contributed by atoms with van der Waals surface area (Å²) < 4.78 is 12.8. The fourth-order valence-corrected chi connectivity index (χ4v) is 3.71. The zero-order valence-electron chi connectivity index (χ0n) is 13.5. The Kier molecular flexibility index (Phi) is 5.69.